The number of carbonyl (C=O) groups is 1. The number of Topliss-reactive ketones (excluding diaryl/α,β-unsaturated/α-hetero) is 1. The van der Waals surface area contributed by atoms with Crippen LogP contribution in [0.1, 0.15) is 18.9 Å². The molecule has 0 amide bonds. The summed E-state index contributed by atoms with van der Waals surface area (Å²) in [4.78, 5) is 20.0. The fourth-order valence-electron chi connectivity index (χ4n) is 1.22. The Bertz CT molecular complexity index is 446. The van der Waals surface area contributed by atoms with E-state index in [1.165, 1.54) is 6.92 Å². The average molecular weight is 229 g/mol. The molecule has 4 nitrogen and oxygen atoms in total. The number of hydrogen-bond acceptors (Lipinski definition) is 3. The monoisotopic (exact) mass is 229 g/mol. The Morgan fingerprint density at radius 1 is 1.38 bits per heavy atom. The molecule has 0 saturated heterocycles. The number of halogens is 2. The van der Waals surface area contributed by atoms with E-state index in [2.05, 4.69) is 0 Å². The van der Waals surface area contributed by atoms with Crippen molar-refractivity contribution in [3.63, 3.8) is 0 Å². The molecule has 0 N–H and O–H groups in total. The van der Waals surface area contributed by atoms with Crippen molar-refractivity contribution < 1.29 is 18.5 Å². The number of carbonyl (C=O) groups excluding carboxylic acids is 1. The van der Waals surface area contributed by atoms with Gasteiger partial charge in [0.2, 0.25) is 5.82 Å². The van der Waals surface area contributed by atoms with Crippen molar-refractivity contribution in [1.29, 1.82) is 0 Å². The Hall–Kier alpha value is -1.85. The lowest BCUT2D eigenvalue weighted by Gasteiger charge is -2.02. The summed E-state index contributed by atoms with van der Waals surface area (Å²) >= 11 is 0. The zero-order valence-corrected chi connectivity index (χ0v) is 8.50. The highest BCUT2D eigenvalue weighted by Crippen LogP contribution is 2.22. The summed E-state index contributed by atoms with van der Waals surface area (Å²) in [7, 11) is 0. The van der Waals surface area contributed by atoms with E-state index in [1.54, 1.807) is 0 Å². The van der Waals surface area contributed by atoms with E-state index < -0.39 is 22.2 Å². The summed E-state index contributed by atoms with van der Waals surface area (Å²) in [6.07, 6.45) is 0.115. The van der Waals surface area contributed by atoms with Crippen molar-refractivity contribution in [2.75, 3.05) is 0 Å². The first-order chi connectivity index (χ1) is 7.41. The van der Waals surface area contributed by atoms with Crippen molar-refractivity contribution in [1.82, 2.24) is 0 Å². The molecule has 16 heavy (non-hydrogen) atoms. The van der Waals surface area contributed by atoms with Crippen molar-refractivity contribution in [3.05, 3.63) is 39.4 Å². The largest absolute Gasteiger partial charge is 0.307 e. The molecule has 0 spiro atoms. The molecule has 6 heteroatoms. The van der Waals surface area contributed by atoms with E-state index in [0.29, 0.717) is 6.07 Å². The number of nitrogens with zero attached hydrogens (tertiary/aromatic N) is 1. The fraction of sp³-hybridized carbons (Fsp3) is 0.300. The normalized spacial score (nSPS) is 10.2. The summed E-state index contributed by atoms with van der Waals surface area (Å²) in [5.41, 5.74) is -0.928. The van der Waals surface area contributed by atoms with Crippen molar-refractivity contribution in [2.24, 2.45) is 0 Å². The molecular weight excluding hydrogens is 220 g/mol. The number of nitro groups is 1. The predicted octanol–water partition coefficient (Wildman–Crippen LogP) is 2.39. The van der Waals surface area contributed by atoms with Gasteiger partial charge < -0.3 is 4.79 Å². The second kappa shape index (κ2) is 4.78. The number of ketones is 1. The zero-order valence-electron chi connectivity index (χ0n) is 8.50. The summed E-state index contributed by atoms with van der Waals surface area (Å²) < 4.78 is 26.4. The van der Waals surface area contributed by atoms with Gasteiger partial charge in [-0.15, -0.1) is 0 Å². The molecule has 0 heterocycles. The van der Waals surface area contributed by atoms with Crippen LogP contribution in [0.25, 0.3) is 0 Å². The number of hydrogen-bond donors (Lipinski definition) is 0. The first-order valence-electron chi connectivity index (χ1n) is 4.53. The molecule has 0 radical (unpaired) electrons. The molecule has 0 unspecified atom stereocenters. The van der Waals surface area contributed by atoms with E-state index >= 15 is 0 Å². The number of nitro benzene ring substituents is 1. The summed E-state index contributed by atoms with van der Waals surface area (Å²) in [5, 5.41) is 10.3. The predicted molar refractivity (Wildman–Crippen MR) is 52.0 cm³/mol. The fourth-order valence-corrected chi connectivity index (χ4v) is 1.22. The lowest BCUT2D eigenvalue weighted by molar-refractivity contribution is -0.387. The van der Waals surface area contributed by atoms with Crippen LogP contribution in [0.3, 0.4) is 0 Å². The third kappa shape index (κ3) is 2.82. The van der Waals surface area contributed by atoms with E-state index in [-0.39, 0.29) is 24.2 Å². The Kier molecular flexibility index (Phi) is 3.65. The third-order valence-corrected chi connectivity index (χ3v) is 2.06. The molecule has 0 atom stereocenters. The number of rotatable bonds is 4. The molecule has 1 aromatic carbocycles. The van der Waals surface area contributed by atoms with Crippen LogP contribution in [0.2, 0.25) is 0 Å². The van der Waals surface area contributed by atoms with E-state index in [9.17, 15) is 23.7 Å². The molecule has 0 aliphatic heterocycles. The van der Waals surface area contributed by atoms with Crippen LogP contribution in [0.5, 0.6) is 0 Å². The van der Waals surface area contributed by atoms with E-state index in [4.69, 9.17) is 0 Å². The van der Waals surface area contributed by atoms with Crippen LogP contribution >= 0.6 is 0 Å². The topological polar surface area (TPSA) is 60.2 Å². The maximum atomic E-state index is 13.3. The Balaban J connectivity index is 3.01. The molecular formula is C10H9F2NO3. The first kappa shape index (κ1) is 12.2. The zero-order chi connectivity index (χ0) is 12.3. The van der Waals surface area contributed by atoms with Crippen LogP contribution in [0, 0.1) is 21.7 Å². The highest BCUT2D eigenvalue weighted by atomic mass is 19.1. The van der Waals surface area contributed by atoms with Crippen LogP contribution in [-0.4, -0.2) is 10.7 Å². The van der Waals surface area contributed by atoms with Crippen LogP contribution < -0.4 is 0 Å². The second-order valence-corrected chi connectivity index (χ2v) is 3.35. The van der Waals surface area contributed by atoms with E-state index in [1.807, 2.05) is 0 Å². The van der Waals surface area contributed by atoms with Gasteiger partial charge >= 0.3 is 5.69 Å². The van der Waals surface area contributed by atoms with Gasteiger partial charge in [-0.25, -0.2) is 4.39 Å². The minimum Gasteiger partial charge on any atom is -0.300 e. The maximum absolute atomic E-state index is 13.3. The van der Waals surface area contributed by atoms with Gasteiger partial charge in [-0.1, -0.05) is 0 Å². The van der Waals surface area contributed by atoms with Gasteiger partial charge in [0, 0.05) is 6.42 Å². The van der Waals surface area contributed by atoms with E-state index in [0.717, 1.165) is 6.07 Å². The second-order valence-electron chi connectivity index (χ2n) is 3.35. The number of benzene rings is 1. The molecule has 0 aliphatic rings. The quantitative estimate of drug-likeness (QED) is 0.588. The van der Waals surface area contributed by atoms with Gasteiger partial charge in [0.25, 0.3) is 0 Å². The SMILES string of the molecule is CC(=O)CCc1cc(F)c([N+](=O)[O-])cc1F. The molecule has 0 aliphatic carbocycles. The lowest BCUT2D eigenvalue weighted by atomic mass is 10.1. The molecule has 0 aromatic heterocycles. The minimum atomic E-state index is -1.09. The Morgan fingerprint density at radius 2 is 2.00 bits per heavy atom. The molecule has 0 bridgehead atoms. The van der Waals surface area contributed by atoms with Crippen LogP contribution in [-0.2, 0) is 11.2 Å². The van der Waals surface area contributed by atoms with Gasteiger partial charge in [-0.2, -0.15) is 4.39 Å². The Morgan fingerprint density at radius 3 is 2.50 bits per heavy atom. The third-order valence-electron chi connectivity index (χ3n) is 2.06. The highest BCUT2D eigenvalue weighted by molar-refractivity contribution is 5.75. The summed E-state index contributed by atoms with van der Waals surface area (Å²) in [5.74, 6) is -2.11. The molecule has 86 valence electrons. The molecule has 0 saturated carbocycles. The van der Waals surface area contributed by atoms with Crippen LogP contribution in [0.4, 0.5) is 14.5 Å². The summed E-state index contributed by atoms with van der Waals surface area (Å²) in [6.45, 7) is 1.33. The van der Waals surface area contributed by atoms with Crippen LogP contribution in [0.15, 0.2) is 12.1 Å². The van der Waals surface area contributed by atoms with Crippen molar-refractivity contribution >= 4 is 11.5 Å². The van der Waals surface area contributed by atoms with Crippen molar-refractivity contribution in [3.8, 4) is 0 Å². The average Bonchev–Trinajstić information content (AvgIpc) is 2.18. The smallest absolute Gasteiger partial charge is 0.300 e. The van der Waals surface area contributed by atoms with Gasteiger partial charge in [0.15, 0.2) is 0 Å². The molecule has 1 aromatic rings. The lowest BCUT2D eigenvalue weighted by Crippen LogP contribution is -2.00. The summed E-state index contributed by atoms with van der Waals surface area (Å²) in [6, 6.07) is 1.29. The van der Waals surface area contributed by atoms with Gasteiger partial charge in [0.05, 0.1) is 11.0 Å². The molecule has 1 rings (SSSR count). The highest BCUT2D eigenvalue weighted by Gasteiger charge is 2.18. The molecule has 0 fully saturated rings. The minimum absolute atomic E-state index is 0.0294. The number of aryl methyl sites for hydroxylation is 1. The Labute approximate surface area is 90.0 Å². The van der Waals surface area contributed by atoms with Gasteiger partial charge in [-0.05, 0) is 25.0 Å². The van der Waals surface area contributed by atoms with Crippen molar-refractivity contribution in [2.45, 2.75) is 19.8 Å². The first-order valence-corrected chi connectivity index (χ1v) is 4.53. The maximum Gasteiger partial charge on any atom is 0.307 e. The standard InChI is InChI=1S/C10H9F2NO3/c1-6(14)2-3-7-4-9(12)10(13(15)16)5-8(7)11/h4-5H,2-3H2,1H3. The van der Waals surface area contributed by atoms with Gasteiger partial charge in [-0.3, -0.25) is 10.1 Å². The van der Waals surface area contributed by atoms with Gasteiger partial charge in [0.1, 0.15) is 11.6 Å².